The average Bonchev–Trinajstić information content (AvgIpc) is 2.54. The maximum Gasteiger partial charge on any atom is 0.118 e. The fourth-order valence-corrected chi connectivity index (χ4v) is 3.47. The molecule has 0 saturated heterocycles. The van der Waals surface area contributed by atoms with Crippen molar-refractivity contribution in [1.82, 2.24) is 0 Å². The number of benzene rings is 2. The molecule has 0 heterocycles. The van der Waals surface area contributed by atoms with Crippen molar-refractivity contribution < 1.29 is 4.74 Å². The zero-order valence-corrected chi connectivity index (χ0v) is 13.3. The summed E-state index contributed by atoms with van der Waals surface area (Å²) in [7, 11) is 1.70. The first-order valence-corrected chi connectivity index (χ1v) is 8.09. The Morgan fingerprint density at radius 2 is 1.55 bits per heavy atom. The number of halogens is 1. The maximum absolute atomic E-state index is 5.21. The van der Waals surface area contributed by atoms with Crippen molar-refractivity contribution in [3.8, 4) is 5.75 Å². The van der Waals surface area contributed by atoms with E-state index in [0.29, 0.717) is 0 Å². The van der Waals surface area contributed by atoms with Crippen LogP contribution in [0.5, 0.6) is 5.75 Å². The van der Waals surface area contributed by atoms with Gasteiger partial charge in [-0.15, -0.1) is 0 Å². The highest BCUT2D eigenvalue weighted by atomic mass is 79.9. The van der Waals surface area contributed by atoms with E-state index in [1.54, 1.807) is 7.11 Å². The van der Waals surface area contributed by atoms with E-state index in [9.17, 15) is 0 Å². The molecule has 0 saturated carbocycles. The summed E-state index contributed by atoms with van der Waals surface area (Å²) in [5, 5.41) is 0. The predicted molar refractivity (Wildman–Crippen MR) is 86.8 cm³/mol. The number of alkyl halides is 1. The third-order valence-corrected chi connectivity index (χ3v) is 5.13. The highest BCUT2D eigenvalue weighted by molar-refractivity contribution is 9.09. The lowest BCUT2D eigenvalue weighted by Gasteiger charge is -2.19. The topological polar surface area (TPSA) is 9.23 Å². The Bertz CT molecular complexity index is 589. The first kappa shape index (κ1) is 13.7. The first-order valence-electron chi connectivity index (χ1n) is 7.17. The summed E-state index contributed by atoms with van der Waals surface area (Å²) in [6.45, 7) is 0. The van der Waals surface area contributed by atoms with Crippen LogP contribution in [0.4, 0.5) is 0 Å². The second-order valence-electron chi connectivity index (χ2n) is 5.37. The van der Waals surface area contributed by atoms with E-state index in [4.69, 9.17) is 4.74 Å². The Balaban J connectivity index is 1.87. The minimum Gasteiger partial charge on any atom is -0.497 e. The summed E-state index contributed by atoms with van der Waals surface area (Å²) in [6.07, 6.45) is 5.13. The molecule has 1 unspecified atom stereocenters. The maximum atomic E-state index is 5.21. The van der Waals surface area contributed by atoms with Gasteiger partial charge in [-0.1, -0.05) is 46.3 Å². The van der Waals surface area contributed by atoms with Gasteiger partial charge in [-0.25, -0.2) is 0 Å². The SMILES string of the molecule is COc1ccc(C(Br)c2ccc3c(c2)CCCC3)cc1. The van der Waals surface area contributed by atoms with E-state index in [-0.39, 0.29) is 4.83 Å². The van der Waals surface area contributed by atoms with Crippen LogP contribution in [0.25, 0.3) is 0 Å². The molecule has 0 spiro atoms. The Morgan fingerprint density at radius 1 is 0.900 bits per heavy atom. The van der Waals surface area contributed by atoms with Crippen molar-refractivity contribution in [3.05, 3.63) is 64.7 Å². The fourth-order valence-electron chi connectivity index (χ4n) is 2.88. The van der Waals surface area contributed by atoms with Gasteiger partial charge in [-0.05, 0) is 60.1 Å². The molecule has 2 aromatic rings. The van der Waals surface area contributed by atoms with Gasteiger partial charge in [-0.3, -0.25) is 0 Å². The smallest absolute Gasteiger partial charge is 0.118 e. The standard InChI is InChI=1S/C18H19BrO/c1-20-17-10-8-14(9-11-17)18(19)16-7-6-13-4-2-3-5-15(13)12-16/h6-12,18H,2-5H2,1H3. The third kappa shape index (κ3) is 2.76. The lowest BCUT2D eigenvalue weighted by atomic mass is 9.89. The number of fused-ring (bicyclic) bond motifs is 1. The highest BCUT2D eigenvalue weighted by Gasteiger charge is 2.14. The van der Waals surface area contributed by atoms with Crippen molar-refractivity contribution in [3.63, 3.8) is 0 Å². The predicted octanol–water partition coefficient (Wildman–Crippen LogP) is 5.06. The molecule has 20 heavy (non-hydrogen) atoms. The Morgan fingerprint density at radius 3 is 2.25 bits per heavy atom. The molecule has 2 aromatic carbocycles. The fraction of sp³-hybridized carbons (Fsp3) is 0.333. The number of hydrogen-bond acceptors (Lipinski definition) is 1. The zero-order valence-electron chi connectivity index (χ0n) is 11.7. The van der Waals surface area contributed by atoms with Crippen LogP contribution in [0.15, 0.2) is 42.5 Å². The van der Waals surface area contributed by atoms with Crippen molar-refractivity contribution in [2.24, 2.45) is 0 Å². The largest absolute Gasteiger partial charge is 0.497 e. The summed E-state index contributed by atoms with van der Waals surface area (Å²) >= 11 is 3.83. The number of methoxy groups -OCH3 is 1. The minimum atomic E-state index is 0.251. The molecule has 2 heteroatoms. The van der Waals surface area contributed by atoms with Gasteiger partial charge in [0.1, 0.15) is 5.75 Å². The molecular formula is C18H19BrO. The van der Waals surface area contributed by atoms with Crippen molar-refractivity contribution in [1.29, 1.82) is 0 Å². The molecule has 1 atom stereocenters. The zero-order chi connectivity index (χ0) is 13.9. The molecule has 0 N–H and O–H groups in total. The molecule has 0 amide bonds. The summed E-state index contributed by atoms with van der Waals surface area (Å²) in [5.74, 6) is 0.902. The lowest BCUT2D eigenvalue weighted by Crippen LogP contribution is -2.04. The van der Waals surface area contributed by atoms with Gasteiger partial charge in [0.05, 0.1) is 11.9 Å². The first-order chi connectivity index (χ1) is 9.78. The van der Waals surface area contributed by atoms with Gasteiger partial charge in [0.15, 0.2) is 0 Å². The monoisotopic (exact) mass is 330 g/mol. The summed E-state index contributed by atoms with van der Waals surface area (Å²) in [6, 6.07) is 15.2. The quantitative estimate of drug-likeness (QED) is 0.715. The van der Waals surface area contributed by atoms with Gasteiger partial charge in [0.2, 0.25) is 0 Å². The van der Waals surface area contributed by atoms with E-state index < -0.39 is 0 Å². The van der Waals surface area contributed by atoms with E-state index in [0.717, 1.165) is 5.75 Å². The number of rotatable bonds is 3. The van der Waals surface area contributed by atoms with Crippen molar-refractivity contribution in [2.45, 2.75) is 30.5 Å². The van der Waals surface area contributed by atoms with Crippen LogP contribution >= 0.6 is 15.9 Å². The van der Waals surface area contributed by atoms with Gasteiger partial charge >= 0.3 is 0 Å². The summed E-state index contributed by atoms with van der Waals surface area (Å²) in [4.78, 5) is 0.251. The molecule has 0 bridgehead atoms. The molecule has 1 aliphatic carbocycles. The Kier molecular flexibility index (Phi) is 4.11. The number of aryl methyl sites for hydroxylation is 2. The summed E-state index contributed by atoms with van der Waals surface area (Å²) < 4.78 is 5.21. The Hall–Kier alpha value is -1.28. The van der Waals surface area contributed by atoms with E-state index in [2.05, 4.69) is 46.3 Å². The average molecular weight is 331 g/mol. The van der Waals surface area contributed by atoms with Crippen LogP contribution in [0.3, 0.4) is 0 Å². The molecule has 0 fully saturated rings. The van der Waals surface area contributed by atoms with E-state index in [1.807, 2.05) is 12.1 Å². The molecule has 1 aliphatic rings. The second kappa shape index (κ2) is 6.01. The number of hydrogen-bond donors (Lipinski definition) is 0. The molecule has 0 aliphatic heterocycles. The number of ether oxygens (including phenoxy) is 1. The Labute approximate surface area is 129 Å². The van der Waals surface area contributed by atoms with Crippen molar-refractivity contribution >= 4 is 15.9 Å². The van der Waals surface area contributed by atoms with Gasteiger partial charge < -0.3 is 4.74 Å². The van der Waals surface area contributed by atoms with Crippen LogP contribution in [-0.2, 0) is 12.8 Å². The molecule has 0 radical (unpaired) electrons. The lowest BCUT2D eigenvalue weighted by molar-refractivity contribution is 0.414. The molecule has 0 aromatic heterocycles. The third-order valence-electron chi connectivity index (χ3n) is 4.07. The van der Waals surface area contributed by atoms with Crippen molar-refractivity contribution in [2.75, 3.05) is 7.11 Å². The summed E-state index contributed by atoms with van der Waals surface area (Å²) in [5.41, 5.74) is 5.68. The molecule has 3 rings (SSSR count). The van der Waals surface area contributed by atoms with Gasteiger partial charge in [0, 0.05) is 0 Å². The normalized spacial score (nSPS) is 15.5. The van der Waals surface area contributed by atoms with Gasteiger partial charge in [-0.2, -0.15) is 0 Å². The highest BCUT2D eigenvalue weighted by Crippen LogP contribution is 2.34. The minimum absolute atomic E-state index is 0.251. The van der Waals surface area contributed by atoms with E-state index in [1.165, 1.54) is 47.9 Å². The van der Waals surface area contributed by atoms with Crippen LogP contribution < -0.4 is 4.74 Å². The van der Waals surface area contributed by atoms with Crippen LogP contribution in [0, 0.1) is 0 Å². The molecular weight excluding hydrogens is 312 g/mol. The molecule has 104 valence electrons. The molecule has 1 nitrogen and oxygen atoms in total. The van der Waals surface area contributed by atoms with Crippen LogP contribution in [-0.4, -0.2) is 7.11 Å². The second-order valence-corrected chi connectivity index (χ2v) is 6.29. The van der Waals surface area contributed by atoms with Gasteiger partial charge in [0.25, 0.3) is 0 Å². The van der Waals surface area contributed by atoms with Crippen LogP contribution in [0.1, 0.15) is 39.9 Å². The van der Waals surface area contributed by atoms with E-state index >= 15 is 0 Å². The van der Waals surface area contributed by atoms with Crippen LogP contribution in [0.2, 0.25) is 0 Å².